The predicted molar refractivity (Wildman–Crippen MR) is 144 cm³/mol. The average Bonchev–Trinajstić information content (AvgIpc) is 2.98. The molecule has 11 heteroatoms. The van der Waals surface area contributed by atoms with E-state index < -0.39 is 53.9 Å². The lowest BCUT2D eigenvalue weighted by Crippen LogP contribution is -2.56. The molecule has 2 aromatic rings. The van der Waals surface area contributed by atoms with Crippen LogP contribution in [0.1, 0.15) is 26.3 Å². The normalized spacial score (nSPS) is 19.3. The van der Waals surface area contributed by atoms with Crippen LogP contribution in [0, 0.1) is 17.0 Å². The first kappa shape index (κ1) is 30.7. The number of amides is 2. The number of carbonyl (C=O) groups excluding carboxylic acids is 2. The van der Waals surface area contributed by atoms with Gasteiger partial charge >= 0.3 is 0 Å². The molecule has 8 nitrogen and oxygen atoms in total. The van der Waals surface area contributed by atoms with Crippen LogP contribution in [-0.4, -0.2) is 70.5 Å². The molecule has 0 saturated heterocycles. The number of benzene rings is 2. The largest absolute Gasteiger partial charge is 0.387 e. The minimum atomic E-state index is -1.81. The van der Waals surface area contributed by atoms with Crippen LogP contribution in [0.3, 0.4) is 0 Å². The Hall–Kier alpha value is -2.83. The highest BCUT2D eigenvalue weighted by Crippen LogP contribution is 2.35. The lowest BCUT2D eigenvalue weighted by molar-refractivity contribution is -0.150. The Labute approximate surface area is 230 Å². The number of hydrogen-bond acceptors (Lipinski definition) is 7. The van der Waals surface area contributed by atoms with Gasteiger partial charge in [-0.05, 0) is 35.2 Å². The van der Waals surface area contributed by atoms with Gasteiger partial charge in [-0.1, -0.05) is 45.1 Å². The van der Waals surface area contributed by atoms with Gasteiger partial charge in [-0.25, -0.2) is 8.78 Å². The van der Waals surface area contributed by atoms with Crippen LogP contribution in [0.5, 0.6) is 0 Å². The molecule has 3 rings (SSSR count). The number of carbonyl (C=O) groups is 2. The van der Waals surface area contributed by atoms with E-state index >= 15 is 0 Å². The van der Waals surface area contributed by atoms with Crippen LogP contribution in [-0.2, 0) is 20.9 Å². The highest BCUT2D eigenvalue weighted by Gasteiger charge is 2.38. The summed E-state index contributed by atoms with van der Waals surface area (Å²) in [6, 6.07) is 8.90. The summed E-state index contributed by atoms with van der Waals surface area (Å²) < 4.78 is 32.8. The van der Waals surface area contributed by atoms with Crippen molar-refractivity contribution in [3.05, 3.63) is 71.8 Å². The van der Waals surface area contributed by atoms with Gasteiger partial charge in [0.15, 0.2) is 6.10 Å². The van der Waals surface area contributed by atoms with Gasteiger partial charge in [-0.3, -0.25) is 9.59 Å². The molecule has 0 unspecified atom stereocenters. The summed E-state index contributed by atoms with van der Waals surface area (Å²) in [7, 11) is 1.15. The number of fused-ring (bicyclic) bond motifs is 1. The van der Waals surface area contributed by atoms with Gasteiger partial charge in [-0.2, -0.15) is 0 Å². The Morgan fingerprint density at radius 1 is 1.15 bits per heavy atom. The van der Waals surface area contributed by atoms with Gasteiger partial charge in [-0.15, -0.1) is 11.8 Å². The smallest absolute Gasteiger partial charge is 0.252 e. The number of hydrogen-bond donors (Lipinski definition) is 4. The predicted octanol–water partition coefficient (Wildman–Crippen LogP) is 2.79. The average molecular weight is 565 g/mol. The first-order valence-corrected chi connectivity index (χ1v) is 13.3. The van der Waals surface area contributed by atoms with Crippen LogP contribution in [0.2, 0.25) is 0 Å². The molecule has 2 aromatic carbocycles. The second kappa shape index (κ2) is 13.0. The summed E-state index contributed by atoms with van der Waals surface area (Å²) in [4.78, 5) is 28.8. The quantitative estimate of drug-likeness (QED) is 0.346. The number of nitrogens with one attached hydrogen (secondary N) is 1. The Balaban J connectivity index is 1.81. The topological polar surface area (TPSA) is 119 Å². The Morgan fingerprint density at radius 2 is 1.79 bits per heavy atom. The summed E-state index contributed by atoms with van der Waals surface area (Å²) in [5.74, 6) is -2.85. The number of methoxy groups -OCH3 is 1. The van der Waals surface area contributed by atoms with E-state index in [9.17, 15) is 33.7 Å². The first-order chi connectivity index (χ1) is 18.3. The third-order valence-electron chi connectivity index (χ3n) is 6.02. The third kappa shape index (κ3) is 8.09. The molecule has 1 aliphatic rings. The molecule has 5 atom stereocenters. The number of allylic oxidation sites excluding steroid dienone is 1. The number of ether oxygens (including phenoxy) is 1. The molecule has 39 heavy (non-hydrogen) atoms. The lowest BCUT2D eigenvalue weighted by Gasteiger charge is -2.29. The van der Waals surface area contributed by atoms with Gasteiger partial charge in [0.2, 0.25) is 0 Å². The molecular formula is C28H34F2N2O6S. The van der Waals surface area contributed by atoms with E-state index in [0.29, 0.717) is 5.69 Å². The standard InChI is InChI=1S/C28H34F2N2O6S/c1-28(2,3)10-9-21(33)23(34)24(35)25(38-4)26(36)31-19-15-39-22-8-6-5-7-20(22)32(27(19)37)14-16-11-17(29)13-18(30)12-16/h5-13,19,21,23-25,33-35H,14-15H2,1-4H3,(H,31,36)/b10-9+/t19-,21+,23-,24+,25+/m0/s1. The van der Waals surface area contributed by atoms with E-state index in [-0.39, 0.29) is 23.3 Å². The number of halogens is 2. The van der Waals surface area contributed by atoms with Crippen LogP contribution >= 0.6 is 11.8 Å². The highest BCUT2D eigenvalue weighted by atomic mass is 32.2. The Morgan fingerprint density at radius 3 is 2.41 bits per heavy atom. The first-order valence-electron chi connectivity index (χ1n) is 12.4. The van der Waals surface area contributed by atoms with Crippen molar-refractivity contribution in [2.24, 2.45) is 5.41 Å². The Kier molecular flexibility index (Phi) is 10.2. The van der Waals surface area contributed by atoms with E-state index in [0.717, 1.165) is 30.2 Å². The van der Waals surface area contributed by atoms with Gasteiger partial charge in [0.25, 0.3) is 11.8 Å². The van der Waals surface area contributed by atoms with E-state index in [4.69, 9.17) is 4.74 Å². The van der Waals surface area contributed by atoms with E-state index in [1.54, 1.807) is 30.3 Å². The summed E-state index contributed by atoms with van der Waals surface area (Å²) in [6.45, 7) is 5.51. The van der Waals surface area contributed by atoms with E-state index in [2.05, 4.69) is 5.32 Å². The molecule has 0 radical (unpaired) electrons. The van der Waals surface area contributed by atoms with Crippen LogP contribution in [0.15, 0.2) is 59.5 Å². The van der Waals surface area contributed by atoms with Gasteiger partial charge in [0.1, 0.15) is 36.0 Å². The maximum absolute atomic E-state index is 13.9. The number of thioether (sulfide) groups is 1. The van der Waals surface area contributed by atoms with E-state index in [1.165, 1.54) is 22.7 Å². The fourth-order valence-electron chi connectivity index (χ4n) is 4.04. The third-order valence-corrected chi connectivity index (χ3v) is 7.18. The van der Waals surface area contributed by atoms with Crippen molar-refractivity contribution in [3.63, 3.8) is 0 Å². The molecule has 0 aliphatic carbocycles. The molecule has 4 N–H and O–H groups in total. The van der Waals surface area contributed by atoms with Gasteiger partial charge < -0.3 is 30.3 Å². The molecule has 0 spiro atoms. The van der Waals surface area contributed by atoms with Gasteiger partial charge in [0, 0.05) is 23.8 Å². The number of nitrogens with zero attached hydrogens (tertiary/aromatic N) is 1. The summed E-state index contributed by atoms with van der Waals surface area (Å²) in [6.07, 6.45) is -3.65. The summed E-state index contributed by atoms with van der Waals surface area (Å²) in [5, 5.41) is 34.0. The number of aliphatic hydroxyl groups excluding tert-OH is 3. The Bertz CT molecular complexity index is 1180. The minimum absolute atomic E-state index is 0.127. The molecule has 0 aromatic heterocycles. The van der Waals surface area contributed by atoms with Crippen molar-refractivity contribution in [1.82, 2.24) is 5.32 Å². The van der Waals surface area contributed by atoms with Crippen LogP contribution in [0.25, 0.3) is 0 Å². The minimum Gasteiger partial charge on any atom is -0.387 e. The van der Waals surface area contributed by atoms with Crippen molar-refractivity contribution < 1.29 is 38.4 Å². The number of rotatable bonds is 9. The van der Waals surface area contributed by atoms with E-state index in [1.807, 2.05) is 20.8 Å². The van der Waals surface area contributed by atoms with Crippen molar-refractivity contribution in [1.29, 1.82) is 0 Å². The zero-order valence-corrected chi connectivity index (χ0v) is 23.0. The molecular weight excluding hydrogens is 530 g/mol. The van der Waals surface area contributed by atoms with Crippen molar-refractivity contribution in [3.8, 4) is 0 Å². The second-order valence-electron chi connectivity index (χ2n) is 10.4. The number of anilines is 1. The molecule has 0 saturated carbocycles. The summed E-state index contributed by atoms with van der Waals surface area (Å²) >= 11 is 1.30. The molecule has 0 fully saturated rings. The maximum Gasteiger partial charge on any atom is 0.252 e. The highest BCUT2D eigenvalue weighted by molar-refractivity contribution is 7.99. The fourth-order valence-corrected chi connectivity index (χ4v) is 5.12. The van der Waals surface area contributed by atoms with Crippen LogP contribution in [0.4, 0.5) is 14.5 Å². The molecule has 2 amide bonds. The summed E-state index contributed by atoms with van der Waals surface area (Å²) in [5.41, 5.74) is 0.446. The fraction of sp³-hybridized carbons (Fsp3) is 0.429. The second-order valence-corrected chi connectivity index (χ2v) is 11.5. The SMILES string of the molecule is CO[C@@H](C(=O)N[C@H]1CSc2ccccc2N(Cc2cc(F)cc(F)c2)C1=O)[C@H](O)[C@@H](O)[C@H](O)/C=C/C(C)(C)C. The molecule has 212 valence electrons. The monoisotopic (exact) mass is 564 g/mol. The molecule has 1 heterocycles. The zero-order chi connectivity index (χ0) is 28.9. The van der Waals surface area contributed by atoms with Crippen molar-refractivity contribution in [2.75, 3.05) is 17.8 Å². The molecule has 0 bridgehead atoms. The number of aliphatic hydroxyl groups is 3. The molecule has 1 aliphatic heterocycles. The number of para-hydroxylation sites is 1. The zero-order valence-electron chi connectivity index (χ0n) is 22.2. The maximum atomic E-state index is 13.9. The van der Waals surface area contributed by atoms with Gasteiger partial charge in [0.05, 0.1) is 12.2 Å². The van der Waals surface area contributed by atoms with Crippen molar-refractivity contribution >= 4 is 29.3 Å². The van der Waals surface area contributed by atoms with Crippen LogP contribution < -0.4 is 10.2 Å². The van der Waals surface area contributed by atoms with Crippen molar-refractivity contribution in [2.45, 2.75) is 62.7 Å². The lowest BCUT2D eigenvalue weighted by atomic mass is 9.94.